The van der Waals surface area contributed by atoms with Crippen LogP contribution in [0.4, 0.5) is 13.2 Å². The second-order valence-electron chi connectivity index (χ2n) is 5.25. The van der Waals surface area contributed by atoms with E-state index in [0.29, 0.717) is 10.0 Å². The van der Waals surface area contributed by atoms with Crippen molar-refractivity contribution in [2.75, 3.05) is 14.2 Å². The van der Waals surface area contributed by atoms with E-state index in [-0.39, 0.29) is 22.9 Å². The molecule has 0 radical (unpaired) electrons. The molecule has 0 saturated heterocycles. The Morgan fingerprint density at radius 1 is 1.12 bits per heavy atom. The molecule has 0 heterocycles. The molecule has 2 rings (SSSR count). The van der Waals surface area contributed by atoms with Crippen molar-refractivity contribution in [3.05, 3.63) is 52.5 Å². The average Bonchev–Trinajstić information content (AvgIpc) is 2.55. The molecule has 0 aliphatic heterocycles. The van der Waals surface area contributed by atoms with Gasteiger partial charge >= 0.3 is 6.36 Å². The van der Waals surface area contributed by atoms with Crippen molar-refractivity contribution in [1.29, 1.82) is 0 Å². The van der Waals surface area contributed by atoms with Gasteiger partial charge in [0.2, 0.25) is 10.0 Å². The minimum atomic E-state index is -4.78. The Balaban J connectivity index is 2.21. The zero-order chi connectivity index (χ0) is 19.5. The fraction of sp³-hybridized carbons (Fsp3) is 0.250. The van der Waals surface area contributed by atoms with Crippen LogP contribution < -0.4 is 9.47 Å². The van der Waals surface area contributed by atoms with E-state index in [1.807, 2.05) is 0 Å². The van der Waals surface area contributed by atoms with Crippen LogP contribution in [0.15, 0.2) is 51.8 Å². The number of rotatable bonds is 6. The summed E-state index contributed by atoms with van der Waals surface area (Å²) in [5, 5.41) is 0. The first-order valence-corrected chi connectivity index (χ1v) is 9.41. The molecule has 10 heteroatoms. The second-order valence-corrected chi connectivity index (χ2v) is 8.18. The van der Waals surface area contributed by atoms with Crippen molar-refractivity contribution < 1.29 is 31.1 Å². The highest BCUT2D eigenvalue weighted by molar-refractivity contribution is 9.10. The summed E-state index contributed by atoms with van der Waals surface area (Å²) in [6, 6.07) is 9.58. The van der Waals surface area contributed by atoms with Gasteiger partial charge in [-0.05, 0) is 35.9 Å². The first kappa shape index (κ1) is 20.5. The van der Waals surface area contributed by atoms with Gasteiger partial charge in [0.15, 0.2) is 0 Å². The molecular formula is C16H15BrF3NO4S. The summed E-state index contributed by atoms with van der Waals surface area (Å²) >= 11 is 3.22. The largest absolute Gasteiger partial charge is 0.573 e. The number of methoxy groups -OCH3 is 1. The fourth-order valence-electron chi connectivity index (χ4n) is 2.16. The molecule has 26 heavy (non-hydrogen) atoms. The molecule has 5 nitrogen and oxygen atoms in total. The van der Waals surface area contributed by atoms with E-state index in [9.17, 15) is 21.6 Å². The summed E-state index contributed by atoms with van der Waals surface area (Å²) in [5.41, 5.74) is 0.500. The van der Waals surface area contributed by atoms with Gasteiger partial charge in [0, 0.05) is 18.1 Å². The van der Waals surface area contributed by atoms with Crippen LogP contribution in [0.2, 0.25) is 0 Å². The van der Waals surface area contributed by atoms with Crippen molar-refractivity contribution in [3.63, 3.8) is 0 Å². The maximum atomic E-state index is 12.8. The summed E-state index contributed by atoms with van der Waals surface area (Å²) in [6.07, 6.45) is -4.78. The van der Waals surface area contributed by atoms with Gasteiger partial charge in [-0.15, -0.1) is 13.2 Å². The zero-order valence-electron chi connectivity index (χ0n) is 13.7. The van der Waals surface area contributed by atoms with Gasteiger partial charge in [-0.3, -0.25) is 0 Å². The molecule has 0 amide bonds. The molecule has 2 aromatic rings. The van der Waals surface area contributed by atoms with Crippen LogP contribution in [0, 0.1) is 0 Å². The lowest BCUT2D eigenvalue weighted by molar-refractivity contribution is -0.274. The lowest BCUT2D eigenvalue weighted by atomic mass is 10.2. The first-order valence-electron chi connectivity index (χ1n) is 7.17. The third-order valence-corrected chi connectivity index (χ3v) is 5.69. The van der Waals surface area contributed by atoms with E-state index in [4.69, 9.17) is 4.74 Å². The predicted octanol–water partition coefficient (Wildman–Crippen LogP) is 4.18. The van der Waals surface area contributed by atoms with Gasteiger partial charge in [0.25, 0.3) is 0 Å². The molecule has 0 unspecified atom stereocenters. The molecule has 0 bridgehead atoms. The number of sulfonamides is 1. The standard InChI is InChI=1S/C16H15BrF3NO4S/c1-21(10-11-3-6-13(7-4-11)25-16(18,19)20)26(22,23)15-9-12(17)5-8-14(15)24-2/h3-9H,10H2,1-2H3. The topological polar surface area (TPSA) is 55.8 Å². The molecule has 0 atom stereocenters. The van der Waals surface area contributed by atoms with Crippen molar-refractivity contribution in [3.8, 4) is 11.5 Å². The maximum Gasteiger partial charge on any atom is 0.573 e. The quantitative estimate of drug-likeness (QED) is 0.658. The minimum absolute atomic E-state index is 0.0195. The van der Waals surface area contributed by atoms with Gasteiger partial charge < -0.3 is 9.47 Å². The molecule has 0 N–H and O–H groups in total. The van der Waals surface area contributed by atoms with Crippen LogP contribution in [-0.4, -0.2) is 33.2 Å². The summed E-state index contributed by atoms with van der Waals surface area (Å²) in [6.45, 7) is -0.0374. The highest BCUT2D eigenvalue weighted by atomic mass is 79.9. The third-order valence-electron chi connectivity index (χ3n) is 3.38. The summed E-state index contributed by atoms with van der Waals surface area (Å²) in [5.74, 6) is -0.186. The van der Waals surface area contributed by atoms with E-state index in [1.165, 1.54) is 38.4 Å². The smallest absolute Gasteiger partial charge is 0.495 e. The maximum absolute atomic E-state index is 12.8. The predicted molar refractivity (Wildman–Crippen MR) is 92.5 cm³/mol. The van der Waals surface area contributed by atoms with Gasteiger partial charge in [0.1, 0.15) is 16.4 Å². The Morgan fingerprint density at radius 2 is 1.73 bits per heavy atom. The zero-order valence-corrected chi connectivity index (χ0v) is 16.2. The molecular weight excluding hydrogens is 439 g/mol. The van der Waals surface area contributed by atoms with Gasteiger partial charge in [-0.25, -0.2) is 8.42 Å². The van der Waals surface area contributed by atoms with E-state index in [2.05, 4.69) is 20.7 Å². The van der Waals surface area contributed by atoms with Crippen LogP contribution in [0.5, 0.6) is 11.5 Å². The van der Waals surface area contributed by atoms with Crippen LogP contribution in [0.3, 0.4) is 0 Å². The lowest BCUT2D eigenvalue weighted by Crippen LogP contribution is -2.27. The van der Waals surface area contributed by atoms with Crippen molar-refractivity contribution >= 4 is 26.0 Å². The molecule has 0 fully saturated rings. The highest BCUT2D eigenvalue weighted by Gasteiger charge is 2.31. The Kier molecular flexibility index (Phi) is 6.20. The number of alkyl halides is 3. The number of halogens is 4. The molecule has 142 valence electrons. The van der Waals surface area contributed by atoms with Gasteiger partial charge in [-0.1, -0.05) is 28.1 Å². The fourth-order valence-corrected chi connectivity index (χ4v) is 4.01. The Bertz CT molecular complexity index is 870. The van der Waals surface area contributed by atoms with Crippen LogP contribution in [0.1, 0.15) is 5.56 Å². The Labute approximate surface area is 157 Å². The monoisotopic (exact) mass is 453 g/mol. The second kappa shape index (κ2) is 7.85. The number of ether oxygens (including phenoxy) is 2. The molecule has 0 aliphatic carbocycles. The third kappa shape index (κ3) is 5.12. The summed E-state index contributed by atoms with van der Waals surface area (Å²) < 4.78 is 72.6. The molecule has 0 spiro atoms. The molecule has 0 saturated carbocycles. The number of hydrogen-bond donors (Lipinski definition) is 0. The molecule has 0 aromatic heterocycles. The normalized spacial score (nSPS) is 12.3. The van der Waals surface area contributed by atoms with E-state index < -0.39 is 16.4 Å². The Morgan fingerprint density at radius 3 is 2.27 bits per heavy atom. The van der Waals surface area contributed by atoms with Crippen molar-refractivity contribution in [2.24, 2.45) is 0 Å². The van der Waals surface area contributed by atoms with Gasteiger partial charge in [0.05, 0.1) is 7.11 Å². The summed E-state index contributed by atoms with van der Waals surface area (Å²) in [7, 11) is -1.14. The van der Waals surface area contributed by atoms with Crippen molar-refractivity contribution in [1.82, 2.24) is 4.31 Å². The van der Waals surface area contributed by atoms with Crippen molar-refractivity contribution in [2.45, 2.75) is 17.8 Å². The Hall–Kier alpha value is -1.78. The van der Waals surface area contributed by atoms with Gasteiger partial charge in [-0.2, -0.15) is 4.31 Å². The molecule has 2 aromatic carbocycles. The summed E-state index contributed by atoms with van der Waals surface area (Å²) in [4.78, 5) is -0.0195. The minimum Gasteiger partial charge on any atom is -0.495 e. The number of hydrogen-bond acceptors (Lipinski definition) is 4. The lowest BCUT2D eigenvalue weighted by Gasteiger charge is -2.19. The van der Waals surface area contributed by atoms with Crippen LogP contribution in [0.25, 0.3) is 0 Å². The first-order chi connectivity index (χ1) is 12.0. The van der Waals surface area contributed by atoms with Crippen LogP contribution in [-0.2, 0) is 16.6 Å². The highest BCUT2D eigenvalue weighted by Crippen LogP contribution is 2.30. The number of nitrogens with zero attached hydrogens (tertiary/aromatic N) is 1. The van der Waals surface area contributed by atoms with E-state index in [0.717, 1.165) is 16.4 Å². The number of benzene rings is 2. The SMILES string of the molecule is COc1ccc(Br)cc1S(=O)(=O)N(C)Cc1ccc(OC(F)(F)F)cc1. The van der Waals surface area contributed by atoms with E-state index >= 15 is 0 Å². The molecule has 0 aliphatic rings. The average molecular weight is 454 g/mol. The van der Waals surface area contributed by atoms with Crippen LogP contribution >= 0.6 is 15.9 Å². The van der Waals surface area contributed by atoms with E-state index in [1.54, 1.807) is 6.07 Å².